The smallest absolute Gasteiger partial charge is 0.317 e. The molecule has 0 amide bonds. The quantitative estimate of drug-likeness (QED) is 0.827. The van der Waals surface area contributed by atoms with Crippen LogP contribution in [0.5, 0.6) is 0 Å². The van der Waals surface area contributed by atoms with E-state index in [1.165, 1.54) is 0 Å². The summed E-state index contributed by atoms with van der Waals surface area (Å²) in [4.78, 5) is 16.8. The van der Waals surface area contributed by atoms with E-state index >= 15 is 0 Å². The summed E-state index contributed by atoms with van der Waals surface area (Å²) in [5.74, 6) is -0.438. The first-order valence-electron chi connectivity index (χ1n) is 6.72. The van der Waals surface area contributed by atoms with E-state index in [4.69, 9.17) is 10.4 Å². The van der Waals surface area contributed by atoms with E-state index in [9.17, 15) is 4.79 Å². The standard InChI is InChI=1S/C14H18N4O2/c15-6-12-3-4-16-8-13(12)18-5-1-2-11(10-18)7-17-9-14(19)20/h3-4,8,11,17H,1-2,5,7,9-10H2,(H,19,20). The van der Waals surface area contributed by atoms with Crippen LogP contribution in [-0.2, 0) is 4.79 Å². The molecule has 0 aromatic carbocycles. The van der Waals surface area contributed by atoms with E-state index in [2.05, 4.69) is 21.3 Å². The van der Waals surface area contributed by atoms with Gasteiger partial charge in [0.2, 0.25) is 0 Å². The predicted octanol–water partition coefficient (Wildman–Crippen LogP) is 0.844. The zero-order valence-corrected chi connectivity index (χ0v) is 11.2. The van der Waals surface area contributed by atoms with Gasteiger partial charge in [-0.1, -0.05) is 0 Å². The first kappa shape index (κ1) is 14.3. The average molecular weight is 274 g/mol. The van der Waals surface area contributed by atoms with E-state index in [0.717, 1.165) is 31.6 Å². The normalized spacial score (nSPS) is 18.6. The lowest BCUT2D eigenvalue weighted by Gasteiger charge is -2.34. The summed E-state index contributed by atoms with van der Waals surface area (Å²) in [6, 6.07) is 3.91. The minimum Gasteiger partial charge on any atom is -0.480 e. The summed E-state index contributed by atoms with van der Waals surface area (Å²) in [6.07, 6.45) is 5.47. The van der Waals surface area contributed by atoms with Gasteiger partial charge >= 0.3 is 5.97 Å². The minimum atomic E-state index is -0.836. The Bertz CT molecular complexity index is 512. The van der Waals surface area contributed by atoms with Crippen LogP contribution in [0.2, 0.25) is 0 Å². The molecule has 1 aliphatic rings. The Morgan fingerprint density at radius 2 is 2.50 bits per heavy atom. The molecule has 0 radical (unpaired) electrons. The number of aromatic nitrogens is 1. The molecule has 6 nitrogen and oxygen atoms in total. The summed E-state index contributed by atoms with van der Waals surface area (Å²) >= 11 is 0. The minimum absolute atomic E-state index is 0.00711. The van der Waals surface area contributed by atoms with Crippen LogP contribution in [0.1, 0.15) is 18.4 Å². The van der Waals surface area contributed by atoms with Crippen molar-refractivity contribution in [2.45, 2.75) is 12.8 Å². The SMILES string of the molecule is N#Cc1ccncc1N1CCCC(CNCC(=O)O)C1. The van der Waals surface area contributed by atoms with Crippen molar-refractivity contribution in [1.82, 2.24) is 10.3 Å². The fourth-order valence-electron chi connectivity index (χ4n) is 2.57. The number of rotatable bonds is 5. The summed E-state index contributed by atoms with van der Waals surface area (Å²) in [5.41, 5.74) is 1.51. The molecule has 1 fully saturated rings. The van der Waals surface area contributed by atoms with Gasteiger partial charge < -0.3 is 15.3 Å². The van der Waals surface area contributed by atoms with E-state index in [1.54, 1.807) is 18.5 Å². The number of anilines is 1. The second kappa shape index (κ2) is 6.87. The number of nitrogens with zero attached hydrogens (tertiary/aromatic N) is 3. The van der Waals surface area contributed by atoms with Crippen molar-refractivity contribution in [2.75, 3.05) is 31.1 Å². The molecule has 0 bridgehead atoms. The van der Waals surface area contributed by atoms with Crippen LogP contribution in [0.25, 0.3) is 0 Å². The third-order valence-corrected chi connectivity index (χ3v) is 3.49. The number of nitriles is 1. The fourth-order valence-corrected chi connectivity index (χ4v) is 2.57. The van der Waals surface area contributed by atoms with Gasteiger partial charge in [-0.25, -0.2) is 0 Å². The highest BCUT2D eigenvalue weighted by Gasteiger charge is 2.21. The zero-order valence-electron chi connectivity index (χ0n) is 11.2. The Morgan fingerprint density at radius 1 is 1.65 bits per heavy atom. The number of carbonyl (C=O) groups is 1. The van der Waals surface area contributed by atoms with E-state index in [1.807, 2.05) is 0 Å². The number of pyridine rings is 1. The highest BCUT2D eigenvalue weighted by atomic mass is 16.4. The largest absolute Gasteiger partial charge is 0.480 e. The molecule has 20 heavy (non-hydrogen) atoms. The maximum atomic E-state index is 10.5. The number of nitrogens with one attached hydrogen (secondary N) is 1. The Hall–Kier alpha value is -2.13. The van der Waals surface area contributed by atoms with Gasteiger partial charge in [-0.15, -0.1) is 0 Å². The molecule has 6 heteroatoms. The van der Waals surface area contributed by atoms with Gasteiger partial charge in [-0.05, 0) is 24.8 Å². The Kier molecular flexibility index (Phi) is 4.91. The third-order valence-electron chi connectivity index (χ3n) is 3.49. The first-order valence-corrected chi connectivity index (χ1v) is 6.72. The molecule has 2 rings (SSSR count). The van der Waals surface area contributed by atoms with Crippen molar-refractivity contribution < 1.29 is 9.90 Å². The molecular formula is C14H18N4O2. The van der Waals surface area contributed by atoms with Crippen molar-refractivity contribution in [2.24, 2.45) is 5.92 Å². The molecule has 0 saturated carbocycles. The van der Waals surface area contributed by atoms with Crippen LogP contribution < -0.4 is 10.2 Å². The maximum absolute atomic E-state index is 10.5. The highest BCUT2D eigenvalue weighted by molar-refractivity contribution is 5.69. The summed E-state index contributed by atoms with van der Waals surface area (Å²) in [5, 5.41) is 20.7. The summed E-state index contributed by atoms with van der Waals surface area (Å²) < 4.78 is 0. The fraction of sp³-hybridized carbons (Fsp3) is 0.500. The number of hydrogen-bond acceptors (Lipinski definition) is 5. The van der Waals surface area contributed by atoms with Gasteiger partial charge in [0, 0.05) is 25.8 Å². The second-order valence-electron chi connectivity index (χ2n) is 4.98. The molecule has 1 atom stereocenters. The predicted molar refractivity (Wildman–Crippen MR) is 74.4 cm³/mol. The van der Waals surface area contributed by atoms with Crippen molar-refractivity contribution >= 4 is 11.7 Å². The van der Waals surface area contributed by atoms with Gasteiger partial charge in [0.05, 0.1) is 24.0 Å². The van der Waals surface area contributed by atoms with Crippen LogP contribution in [0.4, 0.5) is 5.69 Å². The lowest BCUT2D eigenvalue weighted by atomic mass is 9.97. The maximum Gasteiger partial charge on any atom is 0.317 e. The van der Waals surface area contributed by atoms with Crippen molar-refractivity contribution in [1.29, 1.82) is 5.26 Å². The molecule has 1 unspecified atom stereocenters. The molecule has 106 valence electrons. The van der Waals surface area contributed by atoms with E-state index < -0.39 is 5.97 Å². The third kappa shape index (κ3) is 3.68. The summed E-state index contributed by atoms with van der Waals surface area (Å²) in [6.45, 7) is 2.42. The average Bonchev–Trinajstić information content (AvgIpc) is 2.47. The molecule has 1 aromatic heterocycles. The van der Waals surface area contributed by atoms with Crippen LogP contribution in [-0.4, -0.2) is 42.2 Å². The molecule has 1 aromatic rings. The zero-order chi connectivity index (χ0) is 14.4. The molecule has 0 aliphatic carbocycles. The van der Waals surface area contributed by atoms with Gasteiger partial charge in [-0.2, -0.15) is 5.26 Å². The second-order valence-corrected chi connectivity index (χ2v) is 4.98. The van der Waals surface area contributed by atoms with Crippen LogP contribution in [0, 0.1) is 17.2 Å². The van der Waals surface area contributed by atoms with Crippen LogP contribution in [0.15, 0.2) is 18.5 Å². The van der Waals surface area contributed by atoms with Crippen molar-refractivity contribution in [3.8, 4) is 6.07 Å². The van der Waals surface area contributed by atoms with Gasteiger partial charge in [-0.3, -0.25) is 9.78 Å². The van der Waals surface area contributed by atoms with E-state index in [0.29, 0.717) is 18.0 Å². The Balaban J connectivity index is 1.96. The molecule has 1 aliphatic heterocycles. The van der Waals surface area contributed by atoms with E-state index in [-0.39, 0.29) is 6.54 Å². The number of aliphatic carboxylic acids is 1. The number of piperidine rings is 1. The van der Waals surface area contributed by atoms with Crippen molar-refractivity contribution in [3.05, 3.63) is 24.0 Å². The molecule has 1 saturated heterocycles. The van der Waals surface area contributed by atoms with Crippen LogP contribution in [0.3, 0.4) is 0 Å². The highest BCUT2D eigenvalue weighted by Crippen LogP contribution is 2.24. The number of hydrogen-bond donors (Lipinski definition) is 2. The topological polar surface area (TPSA) is 89.3 Å². The molecule has 0 spiro atoms. The molecule has 2 heterocycles. The molecular weight excluding hydrogens is 256 g/mol. The lowest BCUT2D eigenvalue weighted by Crippen LogP contribution is -2.40. The van der Waals surface area contributed by atoms with Gasteiger partial charge in [0.1, 0.15) is 6.07 Å². The summed E-state index contributed by atoms with van der Waals surface area (Å²) in [7, 11) is 0. The van der Waals surface area contributed by atoms with Gasteiger partial charge in [0.25, 0.3) is 0 Å². The number of carboxylic acid groups (broad SMARTS) is 1. The Morgan fingerprint density at radius 3 is 3.25 bits per heavy atom. The number of carboxylic acids is 1. The monoisotopic (exact) mass is 274 g/mol. The van der Waals surface area contributed by atoms with Crippen LogP contribution >= 0.6 is 0 Å². The lowest BCUT2D eigenvalue weighted by molar-refractivity contribution is -0.136. The van der Waals surface area contributed by atoms with Gasteiger partial charge in [0.15, 0.2) is 0 Å². The first-order chi connectivity index (χ1) is 9.70. The molecule has 2 N–H and O–H groups in total. The Labute approximate surface area is 118 Å². The van der Waals surface area contributed by atoms with Crippen molar-refractivity contribution in [3.63, 3.8) is 0 Å².